The second kappa shape index (κ2) is 5.29. The fourth-order valence-corrected chi connectivity index (χ4v) is 3.73. The van der Waals surface area contributed by atoms with Gasteiger partial charge < -0.3 is 10.0 Å². The largest absolute Gasteiger partial charge is 0.478 e. The van der Waals surface area contributed by atoms with Gasteiger partial charge in [0, 0.05) is 22.0 Å². The molecule has 20 heavy (non-hydrogen) atoms. The molecule has 0 radical (unpaired) electrons. The highest BCUT2D eigenvalue weighted by molar-refractivity contribution is 7.11. The zero-order valence-electron chi connectivity index (χ0n) is 11.4. The summed E-state index contributed by atoms with van der Waals surface area (Å²) in [6.45, 7) is 3.97. The standard InChI is InChI=1S/C16H17NO2S/c1-11-7-8-12(20-11)10-17-9-3-5-13-14(16(18)19)4-2-6-15(13)17/h2,4,6-8H,3,5,9-10H2,1H3,(H,18,19). The van der Waals surface area contributed by atoms with Crippen LogP contribution in [0.2, 0.25) is 0 Å². The Morgan fingerprint density at radius 3 is 2.90 bits per heavy atom. The van der Waals surface area contributed by atoms with E-state index < -0.39 is 5.97 Å². The first kappa shape index (κ1) is 13.2. The van der Waals surface area contributed by atoms with Crippen molar-refractivity contribution in [2.75, 3.05) is 11.4 Å². The molecule has 1 N–H and O–H groups in total. The Bertz CT molecular complexity index is 648. The van der Waals surface area contributed by atoms with Gasteiger partial charge in [-0.2, -0.15) is 0 Å². The van der Waals surface area contributed by atoms with Crippen LogP contribution in [0.4, 0.5) is 5.69 Å². The molecular weight excluding hydrogens is 270 g/mol. The van der Waals surface area contributed by atoms with Gasteiger partial charge in [-0.25, -0.2) is 4.79 Å². The molecule has 1 aliphatic rings. The molecule has 3 nitrogen and oxygen atoms in total. The molecular formula is C16H17NO2S. The Labute approximate surface area is 122 Å². The lowest BCUT2D eigenvalue weighted by molar-refractivity contribution is 0.0695. The zero-order valence-corrected chi connectivity index (χ0v) is 12.2. The molecule has 3 rings (SSSR count). The third kappa shape index (κ3) is 2.43. The number of carbonyl (C=O) groups is 1. The van der Waals surface area contributed by atoms with Crippen molar-refractivity contribution in [1.82, 2.24) is 0 Å². The summed E-state index contributed by atoms with van der Waals surface area (Å²) in [5.41, 5.74) is 2.52. The molecule has 1 aliphatic heterocycles. The second-order valence-electron chi connectivity index (χ2n) is 5.15. The summed E-state index contributed by atoms with van der Waals surface area (Å²) in [4.78, 5) is 16.3. The maximum absolute atomic E-state index is 11.3. The summed E-state index contributed by atoms with van der Waals surface area (Å²) in [5, 5.41) is 9.30. The van der Waals surface area contributed by atoms with Crippen LogP contribution >= 0.6 is 11.3 Å². The molecule has 0 fully saturated rings. The molecule has 0 amide bonds. The highest BCUT2D eigenvalue weighted by Crippen LogP contribution is 2.32. The number of hydrogen-bond donors (Lipinski definition) is 1. The van der Waals surface area contributed by atoms with Crippen LogP contribution in [0.3, 0.4) is 0 Å². The Balaban J connectivity index is 1.94. The molecule has 104 valence electrons. The van der Waals surface area contributed by atoms with Gasteiger partial charge in [-0.3, -0.25) is 0 Å². The third-order valence-electron chi connectivity index (χ3n) is 3.72. The van der Waals surface area contributed by atoms with E-state index in [1.807, 2.05) is 23.5 Å². The number of aromatic carboxylic acids is 1. The predicted octanol–water partition coefficient (Wildman–Crippen LogP) is 3.71. The highest BCUT2D eigenvalue weighted by atomic mass is 32.1. The number of benzene rings is 1. The van der Waals surface area contributed by atoms with Crippen molar-refractivity contribution >= 4 is 23.0 Å². The smallest absolute Gasteiger partial charge is 0.336 e. The van der Waals surface area contributed by atoms with Gasteiger partial charge in [-0.05, 0) is 49.6 Å². The van der Waals surface area contributed by atoms with E-state index in [0.29, 0.717) is 5.56 Å². The third-order valence-corrected chi connectivity index (χ3v) is 4.71. The number of hydrogen-bond acceptors (Lipinski definition) is 3. The summed E-state index contributed by atoms with van der Waals surface area (Å²) < 4.78 is 0. The molecule has 0 saturated carbocycles. The van der Waals surface area contributed by atoms with Crippen molar-refractivity contribution in [3.63, 3.8) is 0 Å². The number of carboxylic acid groups (broad SMARTS) is 1. The fraction of sp³-hybridized carbons (Fsp3) is 0.312. The number of anilines is 1. The van der Waals surface area contributed by atoms with Gasteiger partial charge in [0.25, 0.3) is 0 Å². The number of aryl methyl sites for hydroxylation is 1. The van der Waals surface area contributed by atoms with E-state index in [1.165, 1.54) is 9.75 Å². The van der Waals surface area contributed by atoms with Crippen LogP contribution in [-0.4, -0.2) is 17.6 Å². The highest BCUT2D eigenvalue weighted by Gasteiger charge is 2.22. The molecule has 2 aromatic rings. The topological polar surface area (TPSA) is 40.5 Å². The summed E-state index contributed by atoms with van der Waals surface area (Å²) >= 11 is 1.81. The number of carboxylic acids is 1. The number of rotatable bonds is 3. The van der Waals surface area contributed by atoms with Gasteiger partial charge in [-0.15, -0.1) is 11.3 Å². The number of thiophene rings is 1. The number of nitrogens with zero attached hydrogens (tertiary/aromatic N) is 1. The normalized spacial score (nSPS) is 14.2. The van der Waals surface area contributed by atoms with Crippen molar-refractivity contribution in [3.8, 4) is 0 Å². The quantitative estimate of drug-likeness (QED) is 0.935. The van der Waals surface area contributed by atoms with Gasteiger partial charge in [-0.1, -0.05) is 6.07 Å². The molecule has 4 heteroatoms. The van der Waals surface area contributed by atoms with Gasteiger partial charge in [0.1, 0.15) is 0 Å². The Hall–Kier alpha value is -1.81. The van der Waals surface area contributed by atoms with Crippen LogP contribution in [0.1, 0.15) is 32.1 Å². The monoisotopic (exact) mass is 287 g/mol. The lowest BCUT2D eigenvalue weighted by Crippen LogP contribution is -2.29. The molecule has 0 spiro atoms. The molecule has 0 atom stereocenters. The molecule has 0 unspecified atom stereocenters. The van der Waals surface area contributed by atoms with E-state index in [0.717, 1.165) is 37.2 Å². The van der Waals surface area contributed by atoms with Crippen molar-refractivity contribution in [3.05, 3.63) is 51.2 Å². The van der Waals surface area contributed by atoms with E-state index in [4.69, 9.17) is 0 Å². The van der Waals surface area contributed by atoms with Crippen LogP contribution in [0.5, 0.6) is 0 Å². The van der Waals surface area contributed by atoms with E-state index in [9.17, 15) is 9.90 Å². The van der Waals surface area contributed by atoms with E-state index in [1.54, 1.807) is 6.07 Å². The van der Waals surface area contributed by atoms with E-state index in [-0.39, 0.29) is 0 Å². The molecule has 1 aromatic carbocycles. The van der Waals surface area contributed by atoms with Gasteiger partial charge >= 0.3 is 5.97 Å². The minimum absolute atomic E-state index is 0.453. The minimum atomic E-state index is -0.823. The van der Waals surface area contributed by atoms with Crippen molar-refractivity contribution in [2.45, 2.75) is 26.3 Å². The van der Waals surface area contributed by atoms with Gasteiger partial charge in [0.15, 0.2) is 0 Å². The van der Waals surface area contributed by atoms with Crippen LogP contribution in [0, 0.1) is 6.92 Å². The molecule has 0 bridgehead atoms. The lowest BCUT2D eigenvalue weighted by Gasteiger charge is -2.31. The molecule has 2 heterocycles. The Morgan fingerprint density at radius 1 is 1.35 bits per heavy atom. The van der Waals surface area contributed by atoms with Crippen LogP contribution in [-0.2, 0) is 13.0 Å². The predicted molar refractivity (Wildman–Crippen MR) is 81.8 cm³/mol. The van der Waals surface area contributed by atoms with Crippen molar-refractivity contribution in [1.29, 1.82) is 0 Å². The first-order valence-corrected chi connectivity index (χ1v) is 7.62. The summed E-state index contributed by atoms with van der Waals surface area (Å²) in [7, 11) is 0. The van der Waals surface area contributed by atoms with E-state index >= 15 is 0 Å². The van der Waals surface area contributed by atoms with Crippen LogP contribution in [0.15, 0.2) is 30.3 Å². The second-order valence-corrected chi connectivity index (χ2v) is 6.52. The minimum Gasteiger partial charge on any atom is -0.478 e. The fourth-order valence-electron chi connectivity index (χ4n) is 2.82. The van der Waals surface area contributed by atoms with Crippen molar-refractivity contribution < 1.29 is 9.90 Å². The number of fused-ring (bicyclic) bond motifs is 1. The molecule has 0 saturated heterocycles. The lowest BCUT2D eigenvalue weighted by atomic mass is 9.96. The summed E-state index contributed by atoms with van der Waals surface area (Å²) in [5.74, 6) is -0.823. The van der Waals surface area contributed by atoms with Crippen LogP contribution in [0.25, 0.3) is 0 Å². The maximum atomic E-state index is 11.3. The average molecular weight is 287 g/mol. The van der Waals surface area contributed by atoms with Crippen LogP contribution < -0.4 is 4.90 Å². The molecule has 1 aromatic heterocycles. The SMILES string of the molecule is Cc1ccc(CN2CCCc3c(C(=O)O)cccc32)s1. The summed E-state index contributed by atoms with van der Waals surface area (Å²) in [6.07, 6.45) is 1.87. The first-order chi connectivity index (χ1) is 9.65. The van der Waals surface area contributed by atoms with Crippen molar-refractivity contribution in [2.24, 2.45) is 0 Å². The molecule has 0 aliphatic carbocycles. The Morgan fingerprint density at radius 2 is 2.20 bits per heavy atom. The maximum Gasteiger partial charge on any atom is 0.336 e. The van der Waals surface area contributed by atoms with E-state index in [2.05, 4.69) is 24.0 Å². The zero-order chi connectivity index (χ0) is 14.1. The van der Waals surface area contributed by atoms with Gasteiger partial charge in [0.05, 0.1) is 12.1 Å². The van der Waals surface area contributed by atoms with Gasteiger partial charge in [0.2, 0.25) is 0 Å². The summed E-state index contributed by atoms with van der Waals surface area (Å²) in [6, 6.07) is 9.90. The first-order valence-electron chi connectivity index (χ1n) is 6.80. The Kier molecular flexibility index (Phi) is 3.49. The average Bonchev–Trinajstić information content (AvgIpc) is 2.84.